The number of aromatic nitrogens is 2. The van der Waals surface area contributed by atoms with Gasteiger partial charge in [-0.25, -0.2) is 35.4 Å². The van der Waals surface area contributed by atoms with Gasteiger partial charge < -0.3 is 9.47 Å². The zero-order chi connectivity index (χ0) is 22.2. The average Bonchev–Trinajstić information content (AvgIpc) is 3.57. The van der Waals surface area contributed by atoms with E-state index in [0.717, 1.165) is 12.8 Å². The summed E-state index contributed by atoms with van der Waals surface area (Å²) in [6.07, 6.45) is 6.38. The maximum atomic E-state index is 12.4. The zero-order valence-electron chi connectivity index (χ0n) is 17.9. The van der Waals surface area contributed by atoms with Crippen molar-refractivity contribution in [1.82, 2.24) is 18.6 Å². The molecule has 10 nitrogen and oxygen atoms in total. The predicted octanol–water partition coefficient (Wildman–Crippen LogP) is 0.923. The minimum absolute atomic E-state index is 0.106. The average molecular weight is 475 g/mol. The Bertz CT molecular complexity index is 996. The molecule has 0 spiro atoms. The highest BCUT2D eigenvalue weighted by Gasteiger charge is 2.41. The van der Waals surface area contributed by atoms with Gasteiger partial charge in [-0.3, -0.25) is 0 Å². The van der Waals surface area contributed by atoms with Gasteiger partial charge >= 0.3 is 0 Å². The van der Waals surface area contributed by atoms with Crippen LogP contribution in [0.2, 0.25) is 0 Å². The van der Waals surface area contributed by atoms with Crippen molar-refractivity contribution in [3.05, 3.63) is 11.9 Å². The van der Waals surface area contributed by atoms with E-state index >= 15 is 0 Å². The van der Waals surface area contributed by atoms with Crippen molar-refractivity contribution in [2.24, 2.45) is 0 Å². The third-order valence-electron chi connectivity index (χ3n) is 6.12. The molecule has 1 aromatic heterocycles. The second-order valence-electron chi connectivity index (χ2n) is 8.55. The van der Waals surface area contributed by atoms with Gasteiger partial charge in [0.2, 0.25) is 31.8 Å². The quantitative estimate of drug-likeness (QED) is 0.572. The van der Waals surface area contributed by atoms with Crippen LogP contribution in [0, 0.1) is 6.92 Å². The van der Waals surface area contributed by atoms with Crippen LogP contribution in [-0.2, 0) is 20.0 Å². The van der Waals surface area contributed by atoms with Gasteiger partial charge in [0, 0.05) is 26.2 Å². The molecule has 0 unspecified atom stereocenters. The largest absolute Gasteiger partial charge is 0.474 e. The summed E-state index contributed by atoms with van der Waals surface area (Å²) in [5, 5.41) is -0.182. The van der Waals surface area contributed by atoms with E-state index in [1.807, 2.05) is 6.92 Å². The summed E-state index contributed by atoms with van der Waals surface area (Å²) in [4.78, 5) is 8.48. The summed E-state index contributed by atoms with van der Waals surface area (Å²) < 4.78 is 63.3. The van der Waals surface area contributed by atoms with Crippen molar-refractivity contribution in [3.63, 3.8) is 0 Å². The highest BCUT2D eigenvalue weighted by molar-refractivity contribution is 7.90. The Balaban J connectivity index is 1.32. The first kappa shape index (κ1) is 22.7. The highest BCUT2D eigenvalue weighted by atomic mass is 32.2. The summed E-state index contributed by atoms with van der Waals surface area (Å²) in [6, 6.07) is 0. The van der Waals surface area contributed by atoms with Gasteiger partial charge in [-0.1, -0.05) is 0 Å². The molecule has 31 heavy (non-hydrogen) atoms. The third kappa shape index (κ3) is 5.29. The van der Waals surface area contributed by atoms with E-state index in [0.29, 0.717) is 69.2 Å². The van der Waals surface area contributed by atoms with Crippen molar-refractivity contribution < 1.29 is 26.3 Å². The topological polar surface area (TPSA) is 119 Å². The lowest BCUT2D eigenvalue weighted by Crippen LogP contribution is -2.43. The minimum Gasteiger partial charge on any atom is -0.474 e. The van der Waals surface area contributed by atoms with Crippen LogP contribution in [-0.4, -0.2) is 85.3 Å². The molecule has 0 bridgehead atoms. The Kier molecular flexibility index (Phi) is 6.44. The molecule has 2 saturated heterocycles. The normalized spacial score (nSPS) is 23.0. The van der Waals surface area contributed by atoms with Gasteiger partial charge in [0.25, 0.3) is 0 Å². The van der Waals surface area contributed by atoms with Gasteiger partial charge in [0.15, 0.2) is 0 Å². The molecule has 2 aliphatic heterocycles. The van der Waals surface area contributed by atoms with Crippen LogP contribution in [0.25, 0.3) is 0 Å². The highest BCUT2D eigenvalue weighted by Crippen LogP contribution is 2.33. The molecule has 0 amide bonds. The second kappa shape index (κ2) is 8.80. The molecular formula is C19H30N4O6S2. The van der Waals surface area contributed by atoms with Gasteiger partial charge in [0.1, 0.15) is 18.5 Å². The fourth-order valence-electron chi connectivity index (χ4n) is 4.04. The smallest absolute Gasteiger partial charge is 0.223 e. The Morgan fingerprint density at radius 3 is 1.68 bits per heavy atom. The zero-order valence-corrected chi connectivity index (χ0v) is 19.6. The molecule has 3 fully saturated rings. The minimum atomic E-state index is -3.18. The van der Waals surface area contributed by atoms with E-state index in [2.05, 4.69) is 9.97 Å². The van der Waals surface area contributed by atoms with E-state index in [4.69, 9.17) is 9.47 Å². The Labute approximate surface area is 184 Å². The molecule has 1 saturated carbocycles. The molecule has 3 heterocycles. The van der Waals surface area contributed by atoms with Crippen LogP contribution in [0.4, 0.5) is 0 Å². The molecule has 0 atom stereocenters. The van der Waals surface area contributed by atoms with E-state index in [1.54, 1.807) is 4.31 Å². The summed E-state index contributed by atoms with van der Waals surface area (Å²) in [6.45, 7) is 3.63. The van der Waals surface area contributed by atoms with Crippen molar-refractivity contribution in [3.8, 4) is 11.8 Å². The van der Waals surface area contributed by atoms with Crippen LogP contribution in [0.1, 0.15) is 44.1 Å². The van der Waals surface area contributed by atoms with E-state index < -0.39 is 20.0 Å². The predicted molar refractivity (Wildman–Crippen MR) is 114 cm³/mol. The van der Waals surface area contributed by atoms with Crippen molar-refractivity contribution in [1.29, 1.82) is 0 Å². The molecule has 12 heteroatoms. The SMILES string of the molecule is Cc1c(OC2CCN(S(C)(=O)=O)CC2)ncnc1OC1CCN(S(=O)(=O)C2CC2)CC1. The second-order valence-corrected chi connectivity index (χ2v) is 12.7. The molecule has 0 aromatic carbocycles. The van der Waals surface area contributed by atoms with E-state index in [9.17, 15) is 16.8 Å². The summed E-state index contributed by atoms with van der Waals surface area (Å²) in [7, 11) is -6.32. The van der Waals surface area contributed by atoms with Crippen LogP contribution >= 0.6 is 0 Å². The number of rotatable bonds is 7. The number of ether oxygens (including phenoxy) is 2. The van der Waals surface area contributed by atoms with Gasteiger partial charge in [0.05, 0.1) is 17.1 Å². The van der Waals surface area contributed by atoms with Crippen molar-refractivity contribution in [2.75, 3.05) is 32.4 Å². The first-order chi connectivity index (χ1) is 14.6. The maximum Gasteiger partial charge on any atom is 0.223 e. The summed E-state index contributed by atoms with van der Waals surface area (Å²) in [5.41, 5.74) is 0.695. The van der Waals surface area contributed by atoms with Crippen LogP contribution in [0.3, 0.4) is 0 Å². The monoisotopic (exact) mass is 474 g/mol. The lowest BCUT2D eigenvalue weighted by atomic mass is 10.1. The Morgan fingerprint density at radius 1 is 0.806 bits per heavy atom. The number of nitrogens with zero attached hydrogens (tertiary/aromatic N) is 4. The number of hydrogen-bond donors (Lipinski definition) is 0. The van der Waals surface area contributed by atoms with Gasteiger partial charge in [-0.15, -0.1) is 0 Å². The van der Waals surface area contributed by atoms with Gasteiger partial charge in [-0.05, 0) is 45.4 Å². The first-order valence-electron chi connectivity index (χ1n) is 10.7. The third-order valence-corrected chi connectivity index (χ3v) is 9.83. The molecule has 1 aromatic rings. The summed E-state index contributed by atoms with van der Waals surface area (Å²) >= 11 is 0. The van der Waals surface area contributed by atoms with Crippen LogP contribution in [0.5, 0.6) is 11.8 Å². The Hall–Kier alpha value is -1.50. The molecule has 4 rings (SSSR count). The maximum absolute atomic E-state index is 12.4. The lowest BCUT2D eigenvalue weighted by molar-refractivity contribution is 0.118. The fourth-order valence-corrected chi connectivity index (χ4v) is 6.78. The number of piperidine rings is 2. The van der Waals surface area contributed by atoms with Gasteiger partial charge in [-0.2, -0.15) is 0 Å². The van der Waals surface area contributed by atoms with Crippen LogP contribution in [0.15, 0.2) is 6.33 Å². The number of sulfonamides is 2. The van der Waals surface area contributed by atoms with Crippen molar-refractivity contribution in [2.45, 2.75) is 62.9 Å². The lowest BCUT2D eigenvalue weighted by Gasteiger charge is -2.32. The molecule has 0 radical (unpaired) electrons. The molecule has 1 aliphatic carbocycles. The standard InChI is InChI=1S/C19H30N4O6S2/c1-14-18(28-15-5-9-22(10-6-15)30(2,24)25)20-13-21-19(14)29-16-7-11-23(12-8-16)31(26,27)17-3-4-17/h13,15-17H,3-12H2,1-2H3. The Morgan fingerprint density at radius 2 is 1.26 bits per heavy atom. The first-order valence-corrected chi connectivity index (χ1v) is 14.1. The van der Waals surface area contributed by atoms with Crippen LogP contribution < -0.4 is 9.47 Å². The molecule has 174 valence electrons. The summed E-state index contributed by atoms with van der Waals surface area (Å²) in [5.74, 6) is 0.888. The van der Waals surface area contributed by atoms with E-state index in [-0.39, 0.29) is 17.5 Å². The molecular weight excluding hydrogens is 444 g/mol. The molecule has 0 N–H and O–H groups in total. The van der Waals surface area contributed by atoms with Crippen molar-refractivity contribution >= 4 is 20.0 Å². The van der Waals surface area contributed by atoms with E-state index in [1.165, 1.54) is 16.9 Å². The fraction of sp³-hybridized carbons (Fsp3) is 0.789. The number of hydrogen-bond acceptors (Lipinski definition) is 8. The molecule has 3 aliphatic rings.